The van der Waals surface area contributed by atoms with E-state index in [2.05, 4.69) is 239 Å². The molecule has 0 spiro atoms. The molecule has 6 heteroatoms. The first-order chi connectivity index (χ1) is 36.5. The van der Waals surface area contributed by atoms with E-state index >= 15 is 0 Å². The quantitative estimate of drug-likeness (QED) is 0.167. The van der Waals surface area contributed by atoms with E-state index in [0.29, 0.717) is 0 Å². The van der Waals surface area contributed by atoms with Crippen LogP contribution in [-0.4, -0.2) is 8.80 Å². The molecule has 0 saturated carbocycles. The third-order valence-corrected chi connectivity index (χ3v) is 16.1. The average molecular weight is 947 g/mol. The van der Waals surface area contributed by atoms with Gasteiger partial charge >= 0.3 is 0 Å². The molecule has 346 valence electrons. The van der Waals surface area contributed by atoms with E-state index in [1.165, 1.54) is 87.3 Å². The van der Waals surface area contributed by atoms with Gasteiger partial charge in [0.25, 0.3) is 0 Å². The fourth-order valence-corrected chi connectivity index (χ4v) is 12.8. The fourth-order valence-electron chi connectivity index (χ4n) is 12.8. The number of aryl methyl sites for hydroxylation is 2. The van der Waals surface area contributed by atoms with Crippen LogP contribution in [0.15, 0.2) is 227 Å². The van der Waals surface area contributed by atoms with Crippen LogP contribution in [0.1, 0.15) is 11.1 Å². The summed E-state index contributed by atoms with van der Waals surface area (Å²) in [6.07, 6.45) is 0. The molecule has 6 aromatic heterocycles. The highest BCUT2D eigenvalue weighted by molar-refractivity contribution is 6.29. The molecular weight excluding hydrogens is 905 g/mol. The summed E-state index contributed by atoms with van der Waals surface area (Å²) in [7, 11) is 0. The molecule has 0 saturated heterocycles. The molecule has 17 rings (SSSR count). The van der Waals surface area contributed by atoms with Crippen molar-refractivity contribution in [1.29, 1.82) is 0 Å². The SMILES string of the molecule is Cc1ccc(N(c2ccc3c4cccc5c6cc7c(cc6n(c3c2)c45)c2cccc3c4ccc(N(c5ccc(C)cc5)c5cccc6c5oc5ccccc56)cc4n7c32)c2cccc3c2oc2ccccc23)cc1. The molecule has 0 aliphatic heterocycles. The Balaban J connectivity index is 0.905. The largest absolute Gasteiger partial charge is 0.454 e. The van der Waals surface area contributed by atoms with E-state index in [4.69, 9.17) is 8.83 Å². The predicted octanol–water partition coefficient (Wildman–Crippen LogP) is 19.3. The van der Waals surface area contributed by atoms with E-state index in [1.54, 1.807) is 0 Å². The predicted molar refractivity (Wildman–Crippen MR) is 309 cm³/mol. The van der Waals surface area contributed by atoms with Crippen molar-refractivity contribution in [2.24, 2.45) is 0 Å². The lowest BCUT2D eigenvalue weighted by Gasteiger charge is -2.26. The lowest BCUT2D eigenvalue weighted by molar-refractivity contribution is 0.668. The van der Waals surface area contributed by atoms with Gasteiger partial charge in [-0.15, -0.1) is 0 Å². The summed E-state index contributed by atoms with van der Waals surface area (Å²) >= 11 is 0. The minimum Gasteiger partial charge on any atom is -0.454 e. The minimum absolute atomic E-state index is 0.867. The molecule has 0 atom stereocenters. The molecule has 0 unspecified atom stereocenters. The monoisotopic (exact) mass is 946 g/mol. The second kappa shape index (κ2) is 14.4. The summed E-state index contributed by atoms with van der Waals surface area (Å²) in [5.41, 5.74) is 19.4. The summed E-state index contributed by atoms with van der Waals surface area (Å²) in [6.45, 7) is 4.28. The van der Waals surface area contributed by atoms with Crippen LogP contribution in [0.5, 0.6) is 0 Å². The van der Waals surface area contributed by atoms with Crippen LogP contribution >= 0.6 is 0 Å². The van der Waals surface area contributed by atoms with Crippen LogP contribution in [0.2, 0.25) is 0 Å². The van der Waals surface area contributed by atoms with Crippen LogP contribution < -0.4 is 9.80 Å². The molecule has 0 amide bonds. The number of aromatic nitrogens is 2. The van der Waals surface area contributed by atoms with Crippen LogP contribution in [-0.2, 0) is 0 Å². The maximum Gasteiger partial charge on any atom is 0.159 e. The van der Waals surface area contributed by atoms with E-state index in [9.17, 15) is 0 Å². The summed E-state index contributed by atoms with van der Waals surface area (Å²) in [5, 5.41) is 14.3. The molecule has 0 radical (unpaired) electrons. The van der Waals surface area contributed by atoms with E-state index in [0.717, 1.165) is 78.0 Å². The van der Waals surface area contributed by atoms with Gasteiger partial charge in [0.2, 0.25) is 0 Å². The van der Waals surface area contributed by atoms with Crippen LogP contribution in [0.25, 0.3) is 120 Å². The van der Waals surface area contributed by atoms with E-state index < -0.39 is 0 Å². The summed E-state index contributed by atoms with van der Waals surface area (Å²) in [4.78, 5) is 4.72. The third-order valence-electron chi connectivity index (χ3n) is 16.1. The summed E-state index contributed by atoms with van der Waals surface area (Å²) in [6, 6.07) is 79.8. The van der Waals surface area contributed by atoms with Crippen molar-refractivity contribution < 1.29 is 8.83 Å². The van der Waals surface area contributed by atoms with Crippen molar-refractivity contribution >= 4 is 154 Å². The highest BCUT2D eigenvalue weighted by atomic mass is 16.3. The number of hydrogen-bond donors (Lipinski definition) is 0. The van der Waals surface area contributed by atoms with Gasteiger partial charge in [-0.1, -0.05) is 145 Å². The Kier molecular flexibility index (Phi) is 7.78. The first kappa shape index (κ1) is 39.9. The Hall–Kier alpha value is -9.78. The first-order valence-corrected chi connectivity index (χ1v) is 25.4. The van der Waals surface area contributed by atoms with Crippen LogP contribution in [0.3, 0.4) is 0 Å². The van der Waals surface area contributed by atoms with Gasteiger partial charge < -0.3 is 27.4 Å². The van der Waals surface area contributed by atoms with Gasteiger partial charge in [0, 0.05) is 87.4 Å². The number of nitrogens with zero attached hydrogens (tertiary/aromatic N) is 4. The smallest absolute Gasteiger partial charge is 0.159 e. The highest BCUT2D eigenvalue weighted by Crippen LogP contribution is 2.49. The number of anilines is 6. The molecule has 0 bridgehead atoms. The van der Waals surface area contributed by atoms with E-state index in [-0.39, 0.29) is 0 Å². The highest BCUT2D eigenvalue weighted by Gasteiger charge is 2.26. The Morgan fingerprint density at radius 3 is 1.08 bits per heavy atom. The Morgan fingerprint density at radius 2 is 0.635 bits per heavy atom. The van der Waals surface area contributed by atoms with Crippen molar-refractivity contribution in [3.8, 4) is 0 Å². The van der Waals surface area contributed by atoms with Gasteiger partial charge in [-0.05, 0) is 98.8 Å². The Bertz CT molecular complexity index is 4840. The van der Waals surface area contributed by atoms with Gasteiger partial charge in [0.15, 0.2) is 11.2 Å². The zero-order chi connectivity index (χ0) is 48.5. The molecule has 11 aromatic carbocycles. The maximum atomic E-state index is 6.71. The average Bonchev–Trinajstić information content (AvgIpc) is 4.30. The normalized spacial score (nSPS) is 12.5. The molecule has 0 N–H and O–H groups in total. The van der Waals surface area contributed by atoms with Crippen molar-refractivity contribution in [2.45, 2.75) is 13.8 Å². The number of hydrogen-bond acceptors (Lipinski definition) is 4. The zero-order valence-corrected chi connectivity index (χ0v) is 40.4. The lowest BCUT2D eigenvalue weighted by atomic mass is 10.0. The molecule has 0 aliphatic carbocycles. The number of fused-ring (bicyclic) bond motifs is 18. The Morgan fingerprint density at radius 1 is 0.284 bits per heavy atom. The second-order valence-corrected chi connectivity index (χ2v) is 20.2. The summed E-state index contributed by atoms with van der Waals surface area (Å²) in [5.74, 6) is 0. The van der Waals surface area contributed by atoms with Gasteiger partial charge in [-0.3, -0.25) is 0 Å². The maximum absolute atomic E-state index is 6.71. The number of furan rings is 2. The molecule has 74 heavy (non-hydrogen) atoms. The van der Waals surface area contributed by atoms with Crippen LogP contribution in [0.4, 0.5) is 34.1 Å². The van der Waals surface area contributed by atoms with Gasteiger partial charge in [-0.25, -0.2) is 0 Å². The van der Waals surface area contributed by atoms with E-state index in [1.807, 2.05) is 12.1 Å². The van der Waals surface area contributed by atoms with Crippen molar-refractivity contribution in [1.82, 2.24) is 8.80 Å². The third kappa shape index (κ3) is 5.28. The molecule has 6 nitrogen and oxygen atoms in total. The van der Waals surface area contributed by atoms with Gasteiger partial charge in [0.1, 0.15) is 11.2 Å². The van der Waals surface area contributed by atoms with Gasteiger partial charge in [-0.2, -0.15) is 0 Å². The Labute approximate surface area is 423 Å². The zero-order valence-electron chi connectivity index (χ0n) is 40.4. The molecular formula is C68H42N4O2. The van der Waals surface area contributed by atoms with Crippen molar-refractivity contribution in [2.75, 3.05) is 9.80 Å². The van der Waals surface area contributed by atoms with Crippen LogP contribution in [0, 0.1) is 13.8 Å². The molecule has 6 heterocycles. The second-order valence-electron chi connectivity index (χ2n) is 20.2. The topological polar surface area (TPSA) is 41.6 Å². The lowest BCUT2D eigenvalue weighted by Crippen LogP contribution is -2.10. The minimum atomic E-state index is 0.867. The van der Waals surface area contributed by atoms with Gasteiger partial charge in [0.05, 0.1) is 44.5 Å². The molecule has 0 fully saturated rings. The van der Waals surface area contributed by atoms with Crippen molar-refractivity contribution in [3.05, 3.63) is 230 Å². The number of benzene rings is 11. The van der Waals surface area contributed by atoms with Crippen molar-refractivity contribution in [3.63, 3.8) is 0 Å². The number of rotatable bonds is 6. The first-order valence-electron chi connectivity index (χ1n) is 25.4. The standard InChI is InChI=1S/C68H42N4O2/c1-39-23-27-41(28-24-39)69(57-19-9-17-53-47-11-3-5-21-63(47)73-67(53)57)43-31-33-45-49-13-7-15-51-55-38-62-56(37-61(55)71(65(49)51)59(45)35-43)52-16-8-14-50-46-34-32-44(36-60(46)72(62)66(50)52)70(42-29-25-40(2)26-30-42)58-20-10-18-54-48-12-4-6-22-64(48)74-68(54)58/h3-38H,1-2H3. The number of para-hydroxylation sites is 6. The summed E-state index contributed by atoms with van der Waals surface area (Å²) < 4.78 is 18.5. The fraction of sp³-hybridized carbons (Fsp3) is 0.0294. The molecule has 0 aliphatic rings. The molecule has 17 aromatic rings.